The third-order valence-corrected chi connectivity index (χ3v) is 5.25. The second-order valence-corrected chi connectivity index (χ2v) is 7.11. The van der Waals surface area contributed by atoms with Crippen LogP contribution in [0.5, 0.6) is 0 Å². The van der Waals surface area contributed by atoms with Crippen LogP contribution in [0, 0.1) is 13.8 Å². The van der Waals surface area contributed by atoms with E-state index in [2.05, 4.69) is 25.8 Å². The number of aromatic nitrogens is 1. The molecule has 0 spiro atoms. The summed E-state index contributed by atoms with van der Waals surface area (Å²) in [6.07, 6.45) is 0. The van der Waals surface area contributed by atoms with Crippen LogP contribution in [0.15, 0.2) is 38.2 Å². The van der Waals surface area contributed by atoms with Gasteiger partial charge in [-0.05, 0) is 38.5 Å². The average Bonchev–Trinajstić information content (AvgIpc) is 2.69. The Morgan fingerprint density at radius 3 is 2.35 bits per heavy atom. The third kappa shape index (κ3) is 3.11. The fraction of sp³-hybridized carbons (Fsp3) is 0.308. The quantitative estimate of drug-likeness (QED) is 0.911. The van der Waals surface area contributed by atoms with Crippen molar-refractivity contribution in [3.05, 3.63) is 45.8 Å². The molecule has 7 heteroatoms. The van der Waals surface area contributed by atoms with E-state index in [1.165, 1.54) is 0 Å². The first-order valence-electron chi connectivity index (χ1n) is 6.02. The number of nitrogens with one attached hydrogen (secondary N) is 1. The van der Waals surface area contributed by atoms with Crippen LogP contribution in [0.2, 0.25) is 0 Å². The molecule has 20 heavy (non-hydrogen) atoms. The Hall–Kier alpha value is -1.18. The molecule has 0 saturated heterocycles. The van der Waals surface area contributed by atoms with Crippen molar-refractivity contribution in [3.8, 4) is 0 Å². The summed E-state index contributed by atoms with van der Waals surface area (Å²) in [6.45, 7) is 4.98. The van der Waals surface area contributed by atoms with Crippen molar-refractivity contribution in [2.45, 2.75) is 31.7 Å². The van der Waals surface area contributed by atoms with Crippen LogP contribution in [-0.4, -0.2) is 13.6 Å². The lowest BCUT2D eigenvalue weighted by atomic mass is 10.1. The molecule has 0 bridgehead atoms. The summed E-state index contributed by atoms with van der Waals surface area (Å²) in [5.41, 5.74) is 1.24. The van der Waals surface area contributed by atoms with E-state index >= 15 is 0 Å². The molecule has 5 nitrogen and oxygen atoms in total. The van der Waals surface area contributed by atoms with Gasteiger partial charge in [0, 0.05) is 10.5 Å². The van der Waals surface area contributed by atoms with Crippen LogP contribution in [-0.2, 0) is 10.0 Å². The smallest absolute Gasteiger partial charge is 0.246 e. The highest BCUT2D eigenvalue weighted by Gasteiger charge is 2.26. The van der Waals surface area contributed by atoms with Crippen molar-refractivity contribution >= 4 is 26.0 Å². The van der Waals surface area contributed by atoms with Gasteiger partial charge in [-0.25, -0.2) is 13.1 Å². The number of halogens is 1. The monoisotopic (exact) mass is 358 g/mol. The van der Waals surface area contributed by atoms with Gasteiger partial charge in [0.15, 0.2) is 5.76 Å². The standard InChI is InChI=1S/C13H15BrN2O3S/c1-8(11-4-6-12(14)7-5-11)16-20(17,18)13-9(2)15-19-10(13)3/h4-8,16H,1-3H3/t8-/m0/s1. The highest BCUT2D eigenvalue weighted by Crippen LogP contribution is 2.22. The SMILES string of the molecule is Cc1noc(C)c1S(=O)(=O)N[C@@H](C)c1ccc(Br)cc1. The number of benzene rings is 1. The highest BCUT2D eigenvalue weighted by atomic mass is 79.9. The van der Waals surface area contributed by atoms with Crippen molar-refractivity contribution in [2.24, 2.45) is 0 Å². The third-order valence-electron chi connectivity index (χ3n) is 2.94. The molecule has 1 atom stereocenters. The van der Waals surface area contributed by atoms with Gasteiger partial charge in [-0.3, -0.25) is 0 Å². The summed E-state index contributed by atoms with van der Waals surface area (Å²) in [4.78, 5) is 0.112. The minimum absolute atomic E-state index is 0.112. The lowest BCUT2D eigenvalue weighted by molar-refractivity contribution is 0.390. The summed E-state index contributed by atoms with van der Waals surface area (Å²) in [7, 11) is -3.65. The van der Waals surface area contributed by atoms with Crippen LogP contribution < -0.4 is 4.72 Å². The van der Waals surface area contributed by atoms with Gasteiger partial charge >= 0.3 is 0 Å². The van der Waals surface area contributed by atoms with Gasteiger partial charge in [-0.2, -0.15) is 0 Å². The summed E-state index contributed by atoms with van der Waals surface area (Å²) in [6, 6.07) is 7.13. The molecule has 108 valence electrons. The Labute approximate surface area is 126 Å². The summed E-state index contributed by atoms with van der Waals surface area (Å²) in [5.74, 6) is 0.290. The average molecular weight is 359 g/mol. The molecule has 2 rings (SSSR count). The van der Waals surface area contributed by atoms with Gasteiger partial charge in [-0.15, -0.1) is 0 Å². The van der Waals surface area contributed by atoms with E-state index in [-0.39, 0.29) is 16.7 Å². The van der Waals surface area contributed by atoms with E-state index in [9.17, 15) is 8.42 Å². The van der Waals surface area contributed by atoms with Gasteiger partial charge in [0.25, 0.3) is 0 Å². The van der Waals surface area contributed by atoms with E-state index in [4.69, 9.17) is 4.52 Å². The molecule has 2 aromatic rings. The largest absolute Gasteiger partial charge is 0.360 e. The van der Waals surface area contributed by atoms with Crippen molar-refractivity contribution in [1.82, 2.24) is 9.88 Å². The van der Waals surface area contributed by atoms with Crippen molar-refractivity contribution in [2.75, 3.05) is 0 Å². The number of hydrogen-bond acceptors (Lipinski definition) is 4. The van der Waals surface area contributed by atoms with Crippen LogP contribution in [0.3, 0.4) is 0 Å². The van der Waals surface area contributed by atoms with Gasteiger partial charge in [-0.1, -0.05) is 33.2 Å². The predicted molar refractivity (Wildman–Crippen MR) is 78.9 cm³/mol. The van der Waals surface area contributed by atoms with Gasteiger partial charge in [0.2, 0.25) is 10.0 Å². The van der Waals surface area contributed by atoms with Gasteiger partial charge < -0.3 is 4.52 Å². The van der Waals surface area contributed by atoms with E-state index in [1.807, 2.05) is 24.3 Å². The molecule has 0 aliphatic heterocycles. The van der Waals surface area contributed by atoms with E-state index in [0.717, 1.165) is 10.0 Å². The van der Waals surface area contributed by atoms with Crippen molar-refractivity contribution < 1.29 is 12.9 Å². The molecular formula is C13H15BrN2O3S. The fourth-order valence-corrected chi connectivity index (χ4v) is 3.80. The van der Waals surface area contributed by atoms with E-state index in [0.29, 0.717) is 5.69 Å². The molecule has 0 radical (unpaired) electrons. The van der Waals surface area contributed by atoms with Crippen LogP contribution in [0.4, 0.5) is 0 Å². The first-order valence-corrected chi connectivity index (χ1v) is 8.29. The van der Waals surface area contributed by atoms with Crippen LogP contribution in [0.1, 0.15) is 30.0 Å². The minimum Gasteiger partial charge on any atom is -0.360 e. The molecule has 0 saturated carbocycles. The number of sulfonamides is 1. The van der Waals surface area contributed by atoms with Crippen LogP contribution >= 0.6 is 15.9 Å². The predicted octanol–water partition coefficient (Wildman–Crippen LogP) is 3.09. The number of hydrogen-bond donors (Lipinski definition) is 1. The first-order chi connectivity index (χ1) is 9.31. The zero-order valence-corrected chi connectivity index (χ0v) is 13.7. The molecule has 1 heterocycles. The minimum atomic E-state index is -3.65. The van der Waals surface area contributed by atoms with Gasteiger partial charge in [0.05, 0.1) is 0 Å². The maximum atomic E-state index is 12.4. The van der Waals surface area contributed by atoms with Crippen molar-refractivity contribution in [3.63, 3.8) is 0 Å². The second-order valence-electron chi connectivity index (χ2n) is 4.55. The zero-order valence-electron chi connectivity index (χ0n) is 11.3. The van der Waals surface area contributed by atoms with Crippen molar-refractivity contribution in [1.29, 1.82) is 0 Å². The molecular weight excluding hydrogens is 344 g/mol. The number of aryl methyl sites for hydroxylation is 2. The lowest BCUT2D eigenvalue weighted by Gasteiger charge is -2.14. The molecule has 0 aliphatic carbocycles. The highest BCUT2D eigenvalue weighted by molar-refractivity contribution is 9.10. The summed E-state index contributed by atoms with van der Waals surface area (Å²) in [5, 5.41) is 3.67. The topological polar surface area (TPSA) is 72.2 Å². The summed E-state index contributed by atoms with van der Waals surface area (Å²) < 4.78 is 33.2. The molecule has 0 aliphatic rings. The lowest BCUT2D eigenvalue weighted by Crippen LogP contribution is -2.27. The number of rotatable bonds is 4. The Morgan fingerprint density at radius 1 is 1.25 bits per heavy atom. The first kappa shape index (κ1) is 15.2. The molecule has 0 fully saturated rings. The fourth-order valence-electron chi connectivity index (χ4n) is 1.97. The molecule has 1 aromatic carbocycles. The second kappa shape index (κ2) is 5.67. The van der Waals surface area contributed by atoms with Crippen LogP contribution in [0.25, 0.3) is 0 Å². The van der Waals surface area contributed by atoms with E-state index < -0.39 is 10.0 Å². The molecule has 1 N–H and O–H groups in total. The molecule has 0 unspecified atom stereocenters. The molecule has 0 amide bonds. The Bertz CT molecular complexity index is 688. The maximum Gasteiger partial charge on any atom is 0.246 e. The van der Waals surface area contributed by atoms with E-state index in [1.54, 1.807) is 20.8 Å². The summed E-state index contributed by atoms with van der Waals surface area (Å²) >= 11 is 3.35. The Kier molecular flexibility index (Phi) is 4.31. The molecule has 1 aromatic heterocycles. The maximum absolute atomic E-state index is 12.4. The zero-order chi connectivity index (χ0) is 14.9. The normalized spacial score (nSPS) is 13.4. The Balaban J connectivity index is 2.27. The van der Waals surface area contributed by atoms with Gasteiger partial charge in [0.1, 0.15) is 10.6 Å². The Morgan fingerprint density at radius 2 is 1.85 bits per heavy atom. The number of nitrogens with zero attached hydrogens (tertiary/aromatic N) is 1.